The minimum atomic E-state index is -0.188. The number of ether oxygens (including phenoxy) is 2. The minimum absolute atomic E-state index is 0.188. The number of hydrogen-bond donors (Lipinski definition) is 1. The largest absolute Gasteiger partial charge is 0.497 e. The number of nitrogens with zero attached hydrogens (tertiary/aromatic N) is 3. The molecule has 3 aromatic carbocycles. The quantitative estimate of drug-likeness (QED) is 0.512. The van der Waals surface area contributed by atoms with E-state index in [1.807, 2.05) is 53.2 Å². The van der Waals surface area contributed by atoms with Crippen molar-refractivity contribution in [3.63, 3.8) is 0 Å². The van der Waals surface area contributed by atoms with Crippen LogP contribution in [0.5, 0.6) is 11.5 Å². The van der Waals surface area contributed by atoms with Crippen molar-refractivity contribution in [3.05, 3.63) is 83.4 Å². The first-order valence-electron chi connectivity index (χ1n) is 9.54. The van der Waals surface area contributed by atoms with Crippen molar-refractivity contribution >= 4 is 16.9 Å². The molecule has 30 heavy (non-hydrogen) atoms. The van der Waals surface area contributed by atoms with Gasteiger partial charge in [0.15, 0.2) is 0 Å². The minimum Gasteiger partial charge on any atom is -0.497 e. The van der Waals surface area contributed by atoms with E-state index in [1.54, 1.807) is 32.4 Å². The first-order chi connectivity index (χ1) is 14.7. The second-order valence-corrected chi connectivity index (χ2v) is 6.80. The molecule has 1 N–H and O–H groups in total. The Kier molecular flexibility index (Phi) is 5.61. The van der Waals surface area contributed by atoms with E-state index in [2.05, 4.69) is 15.6 Å². The number of carbonyl (C=O) groups excluding carboxylic acids is 1. The van der Waals surface area contributed by atoms with E-state index in [0.717, 1.165) is 16.6 Å². The molecule has 0 atom stereocenters. The zero-order chi connectivity index (χ0) is 20.9. The molecule has 0 saturated carbocycles. The van der Waals surface area contributed by atoms with Gasteiger partial charge in [-0.25, -0.2) is 4.68 Å². The highest BCUT2D eigenvalue weighted by atomic mass is 16.5. The average molecular weight is 402 g/mol. The summed E-state index contributed by atoms with van der Waals surface area (Å²) in [4.78, 5) is 12.7. The van der Waals surface area contributed by atoms with Gasteiger partial charge in [0.25, 0.3) is 5.91 Å². The molecule has 0 aliphatic carbocycles. The Morgan fingerprint density at radius 3 is 2.60 bits per heavy atom. The van der Waals surface area contributed by atoms with E-state index in [1.165, 1.54) is 0 Å². The Morgan fingerprint density at radius 2 is 1.83 bits per heavy atom. The van der Waals surface area contributed by atoms with Crippen LogP contribution in [0.4, 0.5) is 0 Å². The zero-order valence-electron chi connectivity index (χ0n) is 16.8. The van der Waals surface area contributed by atoms with Gasteiger partial charge < -0.3 is 14.8 Å². The fraction of sp³-hybridized carbons (Fsp3) is 0.174. The van der Waals surface area contributed by atoms with Crippen molar-refractivity contribution in [2.75, 3.05) is 14.2 Å². The summed E-state index contributed by atoms with van der Waals surface area (Å²) in [5, 5.41) is 11.4. The van der Waals surface area contributed by atoms with Crippen LogP contribution in [0.25, 0.3) is 11.0 Å². The highest BCUT2D eigenvalue weighted by Crippen LogP contribution is 2.24. The van der Waals surface area contributed by atoms with Crippen molar-refractivity contribution in [2.24, 2.45) is 0 Å². The number of nitrogens with one attached hydrogen (secondary N) is 1. The Labute approximate surface area is 174 Å². The van der Waals surface area contributed by atoms with E-state index in [9.17, 15) is 4.79 Å². The van der Waals surface area contributed by atoms with Crippen LogP contribution in [0.2, 0.25) is 0 Å². The maximum Gasteiger partial charge on any atom is 0.251 e. The third-order valence-electron chi connectivity index (χ3n) is 4.88. The third-order valence-corrected chi connectivity index (χ3v) is 4.88. The molecule has 0 spiro atoms. The predicted octanol–water partition coefficient (Wildman–Crippen LogP) is 3.43. The SMILES string of the molecule is COc1ccc(CNC(=O)c2ccc3c(c2)nnn3Cc2ccccc2)c(OC)c1. The number of carbonyl (C=O) groups is 1. The van der Waals surface area contributed by atoms with E-state index in [-0.39, 0.29) is 5.91 Å². The summed E-state index contributed by atoms with van der Waals surface area (Å²) in [6.07, 6.45) is 0. The van der Waals surface area contributed by atoms with Gasteiger partial charge >= 0.3 is 0 Å². The number of fused-ring (bicyclic) bond motifs is 1. The number of rotatable bonds is 7. The molecule has 0 fully saturated rings. The predicted molar refractivity (Wildman–Crippen MR) is 114 cm³/mol. The monoisotopic (exact) mass is 402 g/mol. The van der Waals surface area contributed by atoms with Gasteiger partial charge in [-0.1, -0.05) is 35.5 Å². The van der Waals surface area contributed by atoms with Crippen LogP contribution in [0.15, 0.2) is 66.7 Å². The van der Waals surface area contributed by atoms with Crippen LogP contribution in [-0.4, -0.2) is 35.1 Å². The fourth-order valence-electron chi connectivity index (χ4n) is 3.26. The fourth-order valence-corrected chi connectivity index (χ4v) is 3.26. The van der Waals surface area contributed by atoms with Crippen LogP contribution in [0.3, 0.4) is 0 Å². The molecule has 0 radical (unpaired) electrons. The summed E-state index contributed by atoms with van der Waals surface area (Å²) in [5.74, 6) is 1.17. The Morgan fingerprint density at radius 1 is 1.00 bits per heavy atom. The molecule has 1 heterocycles. The standard InChI is InChI=1S/C23H22N4O3/c1-29-19-10-8-18(22(13-19)30-2)14-24-23(28)17-9-11-21-20(12-17)25-26-27(21)15-16-6-4-3-5-7-16/h3-13H,14-15H2,1-2H3,(H,24,28). The molecule has 1 aromatic heterocycles. The number of amides is 1. The molecule has 4 aromatic rings. The van der Waals surface area contributed by atoms with Crippen molar-refractivity contribution in [2.45, 2.75) is 13.1 Å². The Bertz CT molecular complexity index is 1170. The summed E-state index contributed by atoms with van der Waals surface area (Å²) in [5.41, 5.74) is 4.09. The van der Waals surface area contributed by atoms with Crippen molar-refractivity contribution in [1.82, 2.24) is 20.3 Å². The lowest BCUT2D eigenvalue weighted by Crippen LogP contribution is -2.23. The summed E-state index contributed by atoms with van der Waals surface area (Å²) in [7, 11) is 3.19. The molecule has 0 unspecified atom stereocenters. The summed E-state index contributed by atoms with van der Waals surface area (Å²) in [6, 6.07) is 21.0. The van der Waals surface area contributed by atoms with Crippen LogP contribution in [0, 0.1) is 0 Å². The van der Waals surface area contributed by atoms with Gasteiger partial charge in [0.2, 0.25) is 0 Å². The highest BCUT2D eigenvalue weighted by molar-refractivity contribution is 5.97. The van der Waals surface area contributed by atoms with Crippen LogP contribution in [0.1, 0.15) is 21.5 Å². The first kappa shape index (κ1) is 19.4. The Hall–Kier alpha value is -3.87. The van der Waals surface area contributed by atoms with E-state index in [4.69, 9.17) is 9.47 Å². The molecule has 152 valence electrons. The van der Waals surface area contributed by atoms with Crippen molar-refractivity contribution in [1.29, 1.82) is 0 Å². The van der Waals surface area contributed by atoms with Crippen molar-refractivity contribution in [3.8, 4) is 11.5 Å². The number of aromatic nitrogens is 3. The molecule has 0 aliphatic rings. The van der Waals surface area contributed by atoms with Gasteiger partial charge in [-0.05, 0) is 35.9 Å². The number of methoxy groups -OCH3 is 2. The summed E-state index contributed by atoms with van der Waals surface area (Å²) in [6.45, 7) is 0.963. The zero-order valence-corrected chi connectivity index (χ0v) is 16.8. The smallest absolute Gasteiger partial charge is 0.251 e. The molecule has 0 bridgehead atoms. The van der Waals surface area contributed by atoms with Gasteiger partial charge in [0.1, 0.15) is 17.0 Å². The molecule has 1 amide bonds. The maximum absolute atomic E-state index is 12.7. The second kappa shape index (κ2) is 8.65. The van der Waals surface area contributed by atoms with Gasteiger partial charge in [-0.15, -0.1) is 5.10 Å². The van der Waals surface area contributed by atoms with Gasteiger partial charge in [0, 0.05) is 23.7 Å². The normalized spacial score (nSPS) is 10.7. The molecule has 0 aliphatic heterocycles. The molecule has 7 nitrogen and oxygen atoms in total. The van der Waals surface area contributed by atoms with Crippen LogP contribution >= 0.6 is 0 Å². The van der Waals surface area contributed by atoms with E-state index in [0.29, 0.717) is 35.7 Å². The number of benzene rings is 3. The molecular formula is C23H22N4O3. The highest BCUT2D eigenvalue weighted by Gasteiger charge is 2.12. The lowest BCUT2D eigenvalue weighted by Gasteiger charge is -2.11. The topological polar surface area (TPSA) is 78.3 Å². The average Bonchev–Trinajstić information content (AvgIpc) is 3.19. The van der Waals surface area contributed by atoms with E-state index >= 15 is 0 Å². The van der Waals surface area contributed by atoms with Gasteiger partial charge in [0.05, 0.1) is 26.3 Å². The lowest BCUT2D eigenvalue weighted by atomic mass is 10.1. The van der Waals surface area contributed by atoms with Crippen LogP contribution in [-0.2, 0) is 13.1 Å². The van der Waals surface area contributed by atoms with Gasteiger partial charge in [-0.3, -0.25) is 4.79 Å². The maximum atomic E-state index is 12.7. The first-order valence-corrected chi connectivity index (χ1v) is 9.54. The second-order valence-electron chi connectivity index (χ2n) is 6.80. The Balaban J connectivity index is 1.48. The van der Waals surface area contributed by atoms with E-state index < -0.39 is 0 Å². The third kappa shape index (κ3) is 4.10. The molecular weight excluding hydrogens is 380 g/mol. The summed E-state index contributed by atoms with van der Waals surface area (Å²) < 4.78 is 12.4. The van der Waals surface area contributed by atoms with Crippen LogP contribution < -0.4 is 14.8 Å². The lowest BCUT2D eigenvalue weighted by molar-refractivity contribution is 0.0951. The molecule has 7 heteroatoms. The molecule has 0 saturated heterocycles. The summed E-state index contributed by atoms with van der Waals surface area (Å²) >= 11 is 0. The molecule has 4 rings (SSSR count). The number of hydrogen-bond acceptors (Lipinski definition) is 5. The van der Waals surface area contributed by atoms with Gasteiger partial charge in [-0.2, -0.15) is 0 Å². The van der Waals surface area contributed by atoms with Crippen molar-refractivity contribution < 1.29 is 14.3 Å².